The molecule has 0 unspecified atom stereocenters. The number of esters is 1. The van der Waals surface area contributed by atoms with Crippen LogP contribution in [0.3, 0.4) is 0 Å². The number of aromatic nitrogens is 1. The Morgan fingerprint density at radius 2 is 2.33 bits per heavy atom. The predicted octanol–water partition coefficient (Wildman–Crippen LogP) is 2.50. The molecule has 1 aromatic heterocycles. The first kappa shape index (κ1) is 12.0. The van der Waals surface area contributed by atoms with Crippen molar-refractivity contribution in [3.63, 3.8) is 0 Å². The van der Waals surface area contributed by atoms with Crippen molar-refractivity contribution in [2.75, 3.05) is 7.11 Å². The maximum atomic E-state index is 12.4. The molecule has 0 saturated carbocycles. The molecule has 0 N–H and O–H groups in total. The quantitative estimate of drug-likeness (QED) is 0.798. The van der Waals surface area contributed by atoms with Crippen LogP contribution in [-0.2, 0) is 16.0 Å². The van der Waals surface area contributed by atoms with Crippen LogP contribution in [0.25, 0.3) is 0 Å². The Labute approximate surface area is 93.6 Å². The summed E-state index contributed by atoms with van der Waals surface area (Å²) in [4.78, 5) is 14.5. The highest BCUT2D eigenvalue weighted by atomic mass is 79.9. The van der Waals surface area contributed by atoms with Gasteiger partial charge in [0.1, 0.15) is 5.69 Å². The highest BCUT2D eigenvalue weighted by Gasteiger charge is 2.17. The molecule has 0 fully saturated rings. The van der Waals surface area contributed by atoms with Gasteiger partial charge in [0.05, 0.1) is 13.5 Å². The largest absolute Gasteiger partial charge is 0.469 e. The van der Waals surface area contributed by atoms with E-state index in [1.54, 1.807) is 0 Å². The molecule has 1 rings (SSSR count). The summed E-state index contributed by atoms with van der Waals surface area (Å²) >= 11 is 2.99. The second-order valence-corrected chi connectivity index (χ2v) is 3.52. The van der Waals surface area contributed by atoms with Crippen LogP contribution in [0.15, 0.2) is 16.7 Å². The zero-order chi connectivity index (χ0) is 11.4. The van der Waals surface area contributed by atoms with Crippen LogP contribution in [0.5, 0.6) is 0 Å². The summed E-state index contributed by atoms with van der Waals surface area (Å²) in [5.41, 5.74) is 0.0727. The normalized spacial score (nSPS) is 10.5. The summed E-state index contributed by atoms with van der Waals surface area (Å²) in [5, 5.41) is 0. The van der Waals surface area contributed by atoms with Gasteiger partial charge in [0.15, 0.2) is 0 Å². The third kappa shape index (κ3) is 2.95. The van der Waals surface area contributed by atoms with Gasteiger partial charge in [0.2, 0.25) is 0 Å². The zero-order valence-corrected chi connectivity index (χ0v) is 9.42. The van der Waals surface area contributed by atoms with Gasteiger partial charge in [-0.05, 0) is 27.6 Å². The van der Waals surface area contributed by atoms with Gasteiger partial charge in [-0.25, -0.2) is 8.78 Å². The maximum absolute atomic E-state index is 12.4. The molecule has 15 heavy (non-hydrogen) atoms. The minimum atomic E-state index is -2.67. The molecular formula is C9H8BrF2NO2. The van der Waals surface area contributed by atoms with Crippen molar-refractivity contribution in [3.05, 3.63) is 28.0 Å². The van der Waals surface area contributed by atoms with Gasteiger partial charge in [-0.1, -0.05) is 0 Å². The van der Waals surface area contributed by atoms with Gasteiger partial charge in [0, 0.05) is 10.7 Å². The van der Waals surface area contributed by atoms with E-state index in [1.165, 1.54) is 19.4 Å². The number of hydrogen-bond acceptors (Lipinski definition) is 3. The molecule has 1 heterocycles. The summed E-state index contributed by atoms with van der Waals surface area (Å²) in [6.07, 6.45) is -1.49. The molecule has 0 bridgehead atoms. The molecule has 1 aromatic rings. The second-order valence-electron chi connectivity index (χ2n) is 2.72. The van der Waals surface area contributed by atoms with Crippen LogP contribution >= 0.6 is 15.9 Å². The number of ether oxygens (including phenoxy) is 1. The fraction of sp³-hybridized carbons (Fsp3) is 0.333. The van der Waals surface area contributed by atoms with E-state index in [9.17, 15) is 13.6 Å². The van der Waals surface area contributed by atoms with Crippen molar-refractivity contribution in [3.8, 4) is 0 Å². The van der Waals surface area contributed by atoms with Crippen molar-refractivity contribution in [2.45, 2.75) is 12.8 Å². The minimum absolute atomic E-state index is 0.0562. The van der Waals surface area contributed by atoms with E-state index in [1.807, 2.05) is 0 Å². The summed E-state index contributed by atoms with van der Waals surface area (Å²) < 4.78 is 29.4. The van der Waals surface area contributed by atoms with Gasteiger partial charge in [-0.2, -0.15) is 0 Å². The van der Waals surface area contributed by atoms with Crippen molar-refractivity contribution in [1.82, 2.24) is 4.98 Å². The average molecular weight is 280 g/mol. The molecule has 0 aliphatic rings. The van der Waals surface area contributed by atoms with Crippen LogP contribution in [0.2, 0.25) is 0 Å². The molecule has 0 saturated heterocycles. The molecule has 0 spiro atoms. The van der Waals surface area contributed by atoms with E-state index in [2.05, 4.69) is 25.7 Å². The number of halogens is 3. The Morgan fingerprint density at radius 1 is 1.67 bits per heavy atom. The number of rotatable bonds is 3. The van der Waals surface area contributed by atoms with Crippen LogP contribution in [-0.4, -0.2) is 18.1 Å². The van der Waals surface area contributed by atoms with Gasteiger partial charge in [0.25, 0.3) is 6.43 Å². The van der Waals surface area contributed by atoms with Crippen molar-refractivity contribution in [2.24, 2.45) is 0 Å². The van der Waals surface area contributed by atoms with Crippen LogP contribution < -0.4 is 0 Å². The third-order valence-electron chi connectivity index (χ3n) is 1.77. The summed E-state index contributed by atoms with van der Waals surface area (Å²) in [6.45, 7) is 0. The summed E-state index contributed by atoms with van der Waals surface area (Å²) in [5.74, 6) is -0.484. The Bertz CT molecular complexity index is 371. The monoisotopic (exact) mass is 279 g/mol. The number of nitrogens with zero attached hydrogens (tertiary/aromatic N) is 1. The number of alkyl halides is 2. The van der Waals surface area contributed by atoms with Gasteiger partial charge in [-0.15, -0.1) is 0 Å². The first-order valence-electron chi connectivity index (χ1n) is 4.04. The molecule has 82 valence electrons. The Balaban J connectivity index is 2.99. The maximum Gasteiger partial charge on any atom is 0.310 e. The van der Waals surface area contributed by atoms with Gasteiger partial charge < -0.3 is 4.74 Å². The molecule has 6 heteroatoms. The second kappa shape index (κ2) is 5.16. The van der Waals surface area contributed by atoms with E-state index < -0.39 is 12.4 Å². The lowest BCUT2D eigenvalue weighted by Gasteiger charge is -2.07. The van der Waals surface area contributed by atoms with Crippen LogP contribution in [0.4, 0.5) is 8.78 Å². The molecule has 0 radical (unpaired) electrons. The van der Waals surface area contributed by atoms with E-state index >= 15 is 0 Å². The zero-order valence-electron chi connectivity index (χ0n) is 7.84. The third-order valence-corrected chi connectivity index (χ3v) is 2.68. The number of pyridine rings is 1. The number of carbonyl (C=O) groups is 1. The fourth-order valence-corrected chi connectivity index (χ4v) is 1.57. The summed E-state index contributed by atoms with van der Waals surface area (Å²) in [7, 11) is 1.24. The molecule has 0 aliphatic heterocycles. The highest BCUT2D eigenvalue weighted by molar-refractivity contribution is 9.10. The molecule has 0 atom stereocenters. The van der Waals surface area contributed by atoms with Gasteiger partial charge >= 0.3 is 5.97 Å². The molecule has 3 nitrogen and oxygen atoms in total. The lowest BCUT2D eigenvalue weighted by Crippen LogP contribution is -2.06. The van der Waals surface area contributed by atoms with Crippen molar-refractivity contribution in [1.29, 1.82) is 0 Å². The van der Waals surface area contributed by atoms with E-state index in [-0.39, 0.29) is 16.6 Å². The Kier molecular flexibility index (Phi) is 4.14. The van der Waals surface area contributed by atoms with Crippen LogP contribution in [0.1, 0.15) is 17.7 Å². The lowest BCUT2D eigenvalue weighted by atomic mass is 10.1. The average Bonchev–Trinajstić information content (AvgIpc) is 2.20. The first-order chi connectivity index (χ1) is 7.06. The van der Waals surface area contributed by atoms with Crippen LogP contribution in [0, 0.1) is 0 Å². The van der Waals surface area contributed by atoms with E-state index in [0.29, 0.717) is 5.56 Å². The predicted molar refractivity (Wildman–Crippen MR) is 52.6 cm³/mol. The SMILES string of the molecule is COC(=O)Cc1ccnc(C(F)F)c1Br. The molecule has 0 aromatic carbocycles. The topological polar surface area (TPSA) is 39.2 Å². The number of hydrogen-bond donors (Lipinski definition) is 0. The van der Waals surface area contributed by atoms with Crippen molar-refractivity contribution >= 4 is 21.9 Å². The smallest absolute Gasteiger partial charge is 0.310 e. The molecule has 0 aliphatic carbocycles. The van der Waals surface area contributed by atoms with Crippen molar-refractivity contribution < 1.29 is 18.3 Å². The first-order valence-corrected chi connectivity index (χ1v) is 4.83. The summed E-state index contributed by atoms with van der Waals surface area (Å²) in [6, 6.07) is 1.49. The molecule has 0 amide bonds. The Morgan fingerprint density at radius 3 is 2.87 bits per heavy atom. The van der Waals surface area contributed by atoms with E-state index in [0.717, 1.165) is 0 Å². The highest BCUT2D eigenvalue weighted by Crippen LogP contribution is 2.28. The van der Waals surface area contributed by atoms with E-state index in [4.69, 9.17) is 0 Å². The lowest BCUT2D eigenvalue weighted by molar-refractivity contribution is -0.139. The number of carbonyl (C=O) groups excluding carboxylic acids is 1. The fourth-order valence-electron chi connectivity index (χ4n) is 1.02. The number of methoxy groups -OCH3 is 1. The molecular weight excluding hydrogens is 272 g/mol. The van der Waals surface area contributed by atoms with Gasteiger partial charge in [-0.3, -0.25) is 9.78 Å². The minimum Gasteiger partial charge on any atom is -0.469 e. The Hall–Kier alpha value is -1.04. The standard InChI is InChI=1S/C9H8BrF2NO2/c1-15-6(14)4-5-2-3-13-8(7(5)10)9(11)12/h2-3,9H,4H2,1H3.